The summed E-state index contributed by atoms with van der Waals surface area (Å²) in [6.07, 6.45) is 0.456. The lowest BCUT2D eigenvalue weighted by molar-refractivity contribution is -0.0437. The lowest BCUT2D eigenvalue weighted by Gasteiger charge is -2.17. The van der Waals surface area contributed by atoms with Gasteiger partial charge in [-0.2, -0.15) is 0 Å². The van der Waals surface area contributed by atoms with Gasteiger partial charge in [0.2, 0.25) is 0 Å². The van der Waals surface area contributed by atoms with Gasteiger partial charge in [-0.15, -0.1) is 0 Å². The van der Waals surface area contributed by atoms with Gasteiger partial charge in [0.25, 0.3) is 0 Å². The molecule has 0 aromatic carbocycles. The number of nitrogen functional groups attached to an aromatic ring is 1. The number of nitrogens with zero attached hydrogens (tertiary/aromatic N) is 4. The second kappa shape index (κ2) is 4.38. The van der Waals surface area contributed by atoms with Crippen LogP contribution in [-0.4, -0.2) is 54.6 Å². The summed E-state index contributed by atoms with van der Waals surface area (Å²) in [5, 5.41) is 19.0. The normalized spacial score (nSPS) is 31.1. The smallest absolute Gasteiger partial charge is 0.167 e. The van der Waals surface area contributed by atoms with Gasteiger partial charge < -0.3 is 26.4 Å². The third kappa shape index (κ3) is 1.75. The highest BCUT2D eigenvalue weighted by atomic mass is 16.5. The zero-order valence-electron chi connectivity index (χ0n) is 9.92. The molecule has 1 saturated heterocycles. The maximum Gasteiger partial charge on any atom is 0.167 e. The van der Waals surface area contributed by atoms with Gasteiger partial charge in [-0.25, -0.2) is 15.0 Å². The van der Waals surface area contributed by atoms with Crippen LogP contribution >= 0.6 is 0 Å². The van der Waals surface area contributed by atoms with Crippen LogP contribution in [0.5, 0.6) is 0 Å². The average molecular weight is 266 g/mol. The molecule has 1 fully saturated rings. The van der Waals surface area contributed by atoms with Crippen molar-refractivity contribution in [1.82, 2.24) is 19.5 Å². The Hall–Kier alpha value is -1.81. The van der Waals surface area contributed by atoms with E-state index in [0.717, 1.165) is 0 Å². The minimum Gasteiger partial charge on any atom is -0.394 e. The van der Waals surface area contributed by atoms with Crippen LogP contribution in [0.25, 0.3) is 11.2 Å². The lowest BCUT2D eigenvalue weighted by Crippen LogP contribution is -2.39. The van der Waals surface area contributed by atoms with E-state index in [0.29, 0.717) is 11.2 Å². The fourth-order valence-corrected chi connectivity index (χ4v) is 2.23. The highest BCUT2D eigenvalue weighted by molar-refractivity contribution is 5.81. The van der Waals surface area contributed by atoms with Crippen molar-refractivity contribution in [2.24, 2.45) is 5.73 Å². The standard InChI is InChI=1S/C10H14N6O3/c11-5-7(18)4(1-17)19-10(5)16-3-15-6-8(12)13-2-14-9(6)16/h2-5,7,10,17-18H,1,11H2,(H2,12,13,14)/t4-,5+,7-,10-/m0/s1. The Morgan fingerprint density at radius 2 is 2.16 bits per heavy atom. The molecular formula is C10H14N6O3. The molecule has 0 bridgehead atoms. The summed E-state index contributed by atoms with van der Waals surface area (Å²) < 4.78 is 7.10. The zero-order chi connectivity index (χ0) is 13.6. The van der Waals surface area contributed by atoms with E-state index in [-0.39, 0.29) is 12.4 Å². The predicted octanol–water partition coefficient (Wildman–Crippen LogP) is -2.01. The van der Waals surface area contributed by atoms with Crippen LogP contribution in [0.15, 0.2) is 12.7 Å². The number of ether oxygens (including phenoxy) is 1. The number of nitrogens with two attached hydrogens (primary N) is 2. The van der Waals surface area contributed by atoms with E-state index in [1.807, 2.05) is 0 Å². The number of anilines is 1. The topological polar surface area (TPSA) is 145 Å². The van der Waals surface area contributed by atoms with Gasteiger partial charge in [0.05, 0.1) is 19.0 Å². The number of hydrogen-bond donors (Lipinski definition) is 4. The molecule has 4 atom stereocenters. The van der Waals surface area contributed by atoms with Crippen molar-refractivity contribution in [2.45, 2.75) is 24.5 Å². The Labute approximate surface area is 107 Å². The molecule has 9 nitrogen and oxygen atoms in total. The molecule has 3 rings (SSSR count). The first-order chi connectivity index (χ1) is 9.13. The van der Waals surface area contributed by atoms with Crippen molar-refractivity contribution in [2.75, 3.05) is 12.3 Å². The van der Waals surface area contributed by atoms with Gasteiger partial charge in [-0.05, 0) is 0 Å². The third-order valence-corrected chi connectivity index (χ3v) is 3.26. The number of hydrogen-bond acceptors (Lipinski definition) is 8. The van der Waals surface area contributed by atoms with Gasteiger partial charge in [0.15, 0.2) is 17.7 Å². The molecule has 0 spiro atoms. The van der Waals surface area contributed by atoms with E-state index in [1.165, 1.54) is 12.7 Å². The monoisotopic (exact) mass is 266 g/mol. The molecular weight excluding hydrogens is 252 g/mol. The number of rotatable bonds is 2. The molecule has 2 aromatic rings. The zero-order valence-corrected chi connectivity index (χ0v) is 9.92. The van der Waals surface area contributed by atoms with Crippen molar-refractivity contribution >= 4 is 17.0 Å². The van der Waals surface area contributed by atoms with E-state index in [9.17, 15) is 5.11 Å². The molecule has 6 N–H and O–H groups in total. The van der Waals surface area contributed by atoms with Crippen molar-refractivity contribution in [3.05, 3.63) is 12.7 Å². The highest BCUT2D eigenvalue weighted by Gasteiger charge is 2.42. The Kier molecular flexibility index (Phi) is 2.82. The van der Waals surface area contributed by atoms with Crippen molar-refractivity contribution in [3.63, 3.8) is 0 Å². The van der Waals surface area contributed by atoms with Crippen LogP contribution < -0.4 is 11.5 Å². The first kappa shape index (κ1) is 12.2. The number of aliphatic hydroxyl groups is 2. The Balaban J connectivity index is 2.04. The van der Waals surface area contributed by atoms with E-state index in [1.54, 1.807) is 4.57 Å². The van der Waals surface area contributed by atoms with E-state index in [4.69, 9.17) is 21.3 Å². The Morgan fingerprint density at radius 1 is 1.37 bits per heavy atom. The van der Waals surface area contributed by atoms with E-state index < -0.39 is 24.5 Å². The second-order valence-electron chi connectivity index (χ2n) is 4.40. The average Bonchev–Trinajstić information content (AvgIpc) is 2.94. The molecule has 9 heteroatoms. The van der Waals surface area contributed by atoms with Gasteiger partial charge in [0, 0.05) is 0 Å². The van der Waals surface area contributed by atoms with Crippen LogP contribution in [-0.2, 0) is 4.74 Å². The van der Waals surface area contributed by atoms with Crippen LogP contribution in [0, 0.1) is 0 Å². The molecule has 19 heavy (non-hydrogen) atoms. The highest BCUT2D eigenvalue weighted by Crippen LogP contribution is 2.30. The van der Waals surface area contributed by atoms with Crippen LogP contribution in [0.3, 0.4) is 0 Å². The number of aliphatic hydroxyl groups excluding tert-OH is 2. The summed E-state index contributed by atoms with van der Waals surface area (Å²) in [5.74, 6) is 0.259. The molecule has 1 aliphatic rings. The van der Waals surface area contributed by atoms with Crippen molar-refractivity contribution in [3.8, 4) is 0 Å². The van der Waals surface area contributed by atoms with Crippen LogP contribution in [0.4, 0.5) is 5.82 Å². The molecule has 0 saturated carbocycles. The first-order valence-corrected chi connectivity index (χ1v) is 5.76. The SMILES string of the molecule is Nc1ncnc2c1ncn2[C@H]1O[C@@H](CO)[C@H](O)[C@H]1N. The fraction of sp³-hybridized carbons (Fsp3) is 0.500. The summed E-state index contributed by atoms with van der Waals surface area (Å²) in [5.41, 5.74) is 12.5. The summed E-state index contributed by atoms with van der Waals surface area (Å²) >= 11 is 0. The molecule has 0 amide bonds. The first-order valence-electron chi connectivity index (χ1n) is 5.76. The number of imidazole rings is 1. The maximum atomic E-state index is 9.85. The molecule has 102 valence electrons. The molecule has 0 unspecified atom stereocenters. The predicted molar refractivity (Wildman–Crippen MR) is 64.7 cm³/mol. The third-order valence-electron chi connectivity index (χ3n) is 3.26. The summed E-state index contributed by atoms with van der Waals surface area (Å²) in [6.45, 7) is -0.310. The summed E-state index contributed by atoms with van der Waals surface area (Å²) in [7, 11) is 0. The van der Waals surface area contributed by atoms with Gasteiger partial charge in [-0.1, -0.05) is 0 Å². The maximum absolute atomic E-state index is 9.85. The lowest BCUT2D eigenvalue weighted by atomic mass is 10.1. The number of fused-ring (bicyclic) bond motifs is 1. The number of aromatic nitrogens is 4. The van der Waals surface area contributed by atoms with E-state index >= 15 is 0 Å². The molecule has 3 heterocycles. The summed E-state index contributed by atoms with van der Waals surface area (Å²) in [4.78, 5) is 12.0. The van der Waals surface area contributed by atoms with Gasteiger partial charge in [0.1, 0.15) is 24.1 Å². The van der Waals surface area contributed by atoms with Crippen molar-refractivity contribution in [1.29, 1.82) is 0 Å². The summed E-state index contributed by atoms with van der Waals surface area (Å²) in [6, 6.07) is -0.689. The van der Waals surface area contributed by atoms with Gasteiger partial charge >= 0.3 is 0 Å². The van der Waals surface area contributed by atoms with E-state index in [2.05, 4.69) is 15.0 Å². The fourth-order valence-electron chi connectivity index (χ4n) is 2.23. The minimum absolute atomic E-state index is 0.259. The van der Waals surface area contributed by atoms with Crippen LogP contribution in [0.1, 0.15) is 6.23 Å². The Morgan fingerprint density at radius 3 is 2.84 bits per heavy atom. The molecule has 2 aromatic heterocycles. The van der Waals surface area contributed by atoms with Gasteiger partial charge in [-0.3, -0.25) is 4.57 Å². The second-order valence-corrected chi connectivity index (χ2v) is 4.40. The van der Waals surface area contributed by atoms with Crippen LogP contribution in [0.2, 0.25) is 0 Å². The molecule has 0 aliphatic carbocycles. The Bertz CT molecular complexity index is 602. The molecule has 0 radical (unpaired) electrons. The molecule has 1 aliphatic heterocycles. The van der Waals surface area contributed by atoms with Crippen molar-refractivity contribution < 1.29 is 14.9 Å². The minimum atomic E-state index is -0.952. The quantitative estimate of drug-likeness (QED) is 0.487. The largest absolute Gasteiger partial charge is 0.394 e.